The number of hydrogen-bond acceptors (Lipinski definition) is 3. The Hall–Kier alpha value is -1.55. The van der Waals surface area contributed by atoms with Crippen molar-refractivity contribution in [1.82, 2.24) is 4.90 Å². The maximum absolute atomic E-state index is 12.6. The lowest BCUT2D eigenvalue weighted by Gasteiger charge is -2.32. The van der Waals surface area contributed by atoms with Gasteiger partial charge in [0.25, 0.3) is 5.91 Å². The first-order valence-corrected chi connectivity index (χ1v) is 7.26. The summed E-state index contributed by atoms with van der Waals surface area (Å²) < 4.78 is 10.7. The number of carbonyl (C=O) groups excluding carboxylic acids is 1. The third-order valence-corrected chi connectivity index (χ3v) is 3.72. The molecule has 0 bridgehead atoms. The fourth-order valence-corrected chi connectivity index (χ4v) is 2.63. The van der Waals surface area contributed by atoms with E-state index in [9.17, 15) is 4.79 Å². The number of likely N-dealkylation sites (tertiary alicyclic amines) is 1. The molecule has 0 aliphatic carbocycles. The number of carbonyl (C=O) groups is 1. The zero-order chi connectivity index (χ0) is 14.4. The maximum Gasteiger partial charge on any atom is 0.257 e. The van der Waals surface area contributed by atoms with E-state index >= 15 is 0 Å². The minimum absolute atomic E-state index is 0.0740. The van der Waals surface area contributed by atoms with Gasteiger partial charge in [0.15, 0.2) is 0 Å². The predicted molar refractivity (Wildman–Crippen MR) is 78.1 cm³/mol. The van der Waals surface area contributed by atoms with E-state index in [0.29, 0.717) is 23.8 Å². The van der Waals surface area contributed by atoms with Crippen LogP contribution >= 0.6 is 0 Å². The van der Waals surface area contributed by atoms with E-state index in [1.165, 1.54) is 0 Å². The largest absolute Gasteiger partial charge is 0.493 e. The first kappa shape index (κ1) is 14.9. The summed E-state index contributed by atoms with van der Waals surface area (Å²) in [6.45, 7) is 4.88. The number of ether oxygens (including phenoxy) is 2. The number of amides is 1. The fourth-order valence-electron chi connectivity index (χ4n) is 2.63. The molecule has 4 nitrogen and oxygen atoms in total. The number of methoxy groups -OCH3 is 1. The standard InChI is InChI=1S/C16H23NO3/c1-3-20-15-7-5-4-6-14(15)16(18)17-10-8-13(9-11-17)12-19-2/h4-7,13H,3,8-12H2,1-2H3. The molecule has 1 amide bonds. The molecular formula is C16H23NO3. The molecule has 1 aromatic carbocycles. The summed E-state index contributed by atoms with van der Waals surface area (Å²) in [6.07, 6.45) is 2.02. The van der Waals surface area contributed by atoms with Crippen LogP contribution in [0.3, 0.4) is 0 Å². The topological polar surface area (TPSA) is 38.8 Å². The summed E-state index contributed by atoms with van der Waals surface area (Å²) in [6, 6.07) is 7.48. The molecule has 110 valence electrons. The molecule has 0 unspecified atom stereocenters. The number of benzene rings is 1. The van der Waals surface area contributed by atoms with Gasteiger partial charge in [0.2, 0.25) is 0 Å². The number of para-hydroxylation sites is 1. The van der Waals surface area contributed by atoms with Crippen molar-refractivity contribution < 1.29 is 14.3 Å². The quantitative estimate of drug-likeness (QED) is 0.830. The first-order valence-electron chi connectivity index (χ1n) is 7.26. The molecule has 20 heavy (non-hydrogen) atoms. The van der Waals surface area contributed by atoms with E-state index in [-0.39, 0.29) is 5.91 Å². The molecule has 0 saturated carbocycles. The summed E-state index contributed by atoms with van der Waals surface area (Å²) >= 11 is 0. The van der Waals surface area contributed by atoms with Gasteiger partial charge in [0, 0.05) is 26.8 Å². The molecule has 0 N–H and O–H groups in total. The van der Waals surface area contributed by atoms with Crippen LogP contribution in [0.25, 0.3) is 0 Å². The molecule has 2 rings (SSSR count). The monoisotopic (exact) mass is 277 g/mol. The molecule has 1 aliphatic heterocycles. The van der Waals surface area contributed by atoms with Crippen molar-refractivity contribution in [3.05, 3.63) is 29.8 Å². The normalized spacial score (nSPS) is 16.2. The highest BCUT2D eigenvalue weighted by Crippen LogP contribution is 2.23. The number of rotatable bonds is 5. The summed E-state index contributed by atoms with van der Waals surface area (Å²) in [7, 11) is 1.73. The van der Waals surface area contributed by atoms with Gasteiger partial charge < -0.3 is 14.4 Å². The van der Waals surface area contributed by atoms with Crippen molar-refractivity contribution in [2.24, 2.45) is 5.92 Å². The van der Waals surface area contributed by atoms with Gasteiger partial charge in [-0.1, -0.05) is 12.1 Å². The molecule has 4 heteroatoms. The van der Waals surface area contributed by atoms with E-state index in [1.807, 2.05) is 36.1 Å². The van der Waals surface area contributed by atoms with Crippen molar-refractivity contribution in [2.45, 2.75) is 19.8 Å². The van der Waals surface area contributed by atoms with Crippen LogP contribution in [-0.4, -0.2) is 44.2 Å². The number of hydrogen-bond donors (Lipinski definition) is 0. The molecular weight excluding hydrogens is 254 g/mol. The second kappa shape index (κ2) is 7.29. The van der Waals surface area contributed by atoms with Crippen molar-refractivity contribution >= 4 is 5.91 Å². The summed E-state index contributed by atoms with van der Waals surface area (Å²) in [5, 5.41) is 0. The van der Waals surface area contributed by atoms with Gasteiger partial charge in [-0.25, -0.2) is 0 Å². The highest BCUT2D eigenvalue weighted by Gasteiger charge is 2.25. The van der Waals surface area contributed by atoms with Crippen molar-refractivity contribution in [3.63, 3.8) is 0 Å². The molecule has 0 aromatic heterocycles. The van der Waals surface area contributed by atoms with Crippen LogP contribution in [-0.2, 0) is 4.74 Å². The van der Waals surface area contributed by atoms with Crippen molar-refractivity contribution in [2.75, 3.05) is 33.4 Å². The van der Waals surface area contributed by atoms with Crippen molar-refractivity contribution in [1.29, 1.82) is 0 Å². The molecule has 1 aliphatic rings. The van der Waals surface area contributed by atoms with Gasteiger partial charge >= 0.3 is 0 Å². The van der Waals surface area contributed by atoms with Gasteiger partial charge in [0.1, 0.15) is 5.75 Å². The van der Waals surface area contributed by atoms with Crippen LogP contribution in [0.2, 0.25) is 0 Å². The second-order valence-electron chi connectivity index (χ2n) is 5.12. The summed E-state index contributed by atoms with van der Waals surface area (Å²) in [5.74, 6) is 1.33. The fraction of sp³-hybridized carbons (Fsp3) is 0.562. The van der Waals surface area contributed by atoms with Gasteiger partial charge in [-0.2, -0.15) is 0 Å². The van der Waals surface area contributed by atoms with Gasteiger partial charge in [-0.3, -0.25) is 4.79 Å². The highest BCUT2D eigenvalue weighted by atomic mass is 16.5. The third kappa shape index (κ3) is 3.51. The molecule has 1 heterocycles. The van der Waals surface area contributed by atoms with Crippen LogP contribution < -0.4 is 4.74 Å². The van der Waals surface area contributed by atoms with Crippen LogP contribution in [0, 0.1) is 5.92 Å². The average Bonchev–Trinajstić information content (AvgIpc) is 2.49. The number of nitrogens with zero attached hydrogens (tertiary/aromatic N) is 1. The Balaban J connectivity index is 2.02. The maximum atomic E-state index is 12.6. The molecule has 0 spiro atoms. The lowest BCUT2D eigenvalue weighted by atomic mass is 9.97. The van der Waals surface area contributed by atoms with Crippen LogP contribution in [0.4, 0.5) is 0 Å². The molecule has 1 saturated heterocycles. The molecule has 1 aromatic rings. The third-order valence-electron chi connectivity index (χ3n) is 3.72. The van der Waals surface area contributed by atoms with Crippen LogP contribution in [0.5, 0.6) is 5.75 Å². The SMILES string of the molecule is CCOc1ccccc1C(=O)N1CCC(COC)CC1. The summed E-state index contributed by atoms with van der Waals surface area (Å²) in [4.78, 5) is 14.5. The Morgan fingerprint density at radius 2 is 2.00 bits per heavy atom. The highest BCUT2D eigenvalue weighted by molar-refractivity contribution is 5.97. The molecule has 1 fully saturated rings. The minimum atomic E-state index is 0.0740. The van der Waals surface area contributed by atoms with Gasteiger partial charge in [0.05, 0.1) is 12.2 Å². The molecule has 0 atom stereocenters. The Morgan fingerprint density at radius 1 is 1.30 bits per heavy atom. The smallest absolute Gasteiger partial charge is 0.257 e. The zero-order valence-electron chi connectivity index (χ0n) is 12.3. The van der Waals surface area contributed by atoms with Crippen molar-refractivity contribution in [3.8, 4) is 5.75 Å². The van der Waals surface area contributed by atoms with Gasteiger partial charge in [-0.15, -0.1) is 0 Å². The Morgan fingerprint density at radius 3 is 2.65 bits per heavy atom. The average molecular weight is 277 g/mol. The van der Waals surface area contributed by atoms with E-state index in [1.54, 1.807) is 7.11 Å². The lowest BCUT2D eigenvalue weighted by Crippen LogP contribution is -2.39. The predicted octanol–water partition coefficient (Wildman–Crippen LogP) is 2.58. The summed E-state index contributed by atoms with van der Waals surface area (Å²) in [5.41, 5.74) is 0.666. The Bertz CT molecular complexity index is 439. The van der Waals surface area contributed by atoms with Gasteiger partial charge in [-0.05, 0) is 37.8 Å². The zero-order valence-corrected chi connectivity index (χ0v) is 12.3. The van der Waals surface area contributed by atoms with Crippen LogP contribution in [0.1, 0.15) is 30.1 Å². The van der Waals surface area contributed by atoms with Crippen LogP contribution in [0.15, 0.2) is 24.3 Å². The second-order valence-corrected chi connectivity index (χ2v) is 5.12. The lowest BCUT2D eigenvalue weighted by molar-refractivity contribution is 0.0610. The van der Waals surface area contributed by atoms with E-state index < -0.39 is 0 Å². The Kier molecular flexibility index (Phi) is 5.41. The van der Waals surface area contributed by atoms with E-state index in [0.717, 1.165) is 32.5 Å². The minimum Gasteiger partial charge on any atom is -0.493 e. The Labute approximate surface area is 120 Å². The van der Waals surface area contributed by atoms with E-state index in [4.69, 9.17) is 9.47 Å². The number of piperidine rings is 1. The van der Waals surface area contributed by atoms with E-state index in [2.05, 4.69) is 0 Å². The first-order chi connectivity index (χ1) is 9.76. The molecule has 0 radical (unpaired) electrons.